The zero-order chi connectivity index (χ0) is 9.90. The first-order chi connectivity index (χ1) is 6.10. The van der Waals surface area contributed by atoms with E-state index in [0.29, 0.717) is 5.54 Å². The maximum absolute atomic E-state index is 5.75. The minimum absolute atomic E-state index is 0.381. The molecule has 1 aliphatic carbocycles. The van der Waals surface area contributed by atoms with Crippen LogP contribution in [0.1, 0.15) is 19.3 Å². The fourth-order valence-electron chi connectivity index (χ4n) is 1.75. The molecular formula is C10H23N3. The van der Waals surface area contributed by atoms with Gasteiger partial charge in [-0.2, -0.15) is 0 Å². The van der Waals surface area contributed by atoms with E-state index in [0.717, 1.165) is 6.54 Å². The topological polar surface area (TPSA) is 32.5 Å². The molecule has 1 aliphatic rings. The van der Waals surface area contributed by atoms with Crippen molar-refractivity contribution in [2.45, 2.75) is 24.8 Å². The van der Waals surface area contributed by atoms with Crippen molar-refractivity contribution in [3.8, 4) is 0 Å². The van der Waals surface area contributed by atoms with Crippen LogP contribution in [0.3, 0.4) is 0 Å². The smallest absolute Gasteiger partial charge is 0.0330 e. The van der Waals surface area contributed by atoms with Crippen molar-refractivity contribution in [3.63, 3.8) is 0 Å². The van der Waals surface area contributed by atoms with E-state index < -0.39 is 0 Å². The van der Waals surface area contributed by atoms with Crippen molar-refractivity contribution in [1.82, 2.24) is 9.80 Å². The lowest BCUT2D eigenvalue weighted by Gasteiger charge is -2.27. The quantitative estimate of drug-likeness (QED) is 0.648. The van der Waals surface area contributed by atoms with Gasteiger partial charge < -0.3 is 10.6 Å². The Morgan fingerprint density at radius 2 is 1.77 bits per heavy atom. The molecule has 0 bridgehead atoms. The van der Waals surface area contributed by atoms with Crippen molar-refractivity contribution in [2.24, 2.45) is 5.73 Å². The van der Waals surface area contributed by atoms with Crippen molar-refractivity contribution in [1.29, 1.82) is 0 Å². The highest BCUT2D eigenvalue weighted by molar-refractivity contribution is 5.03. The van der Waals surface area contributed by atoms with Crippen molar-refractivity contribution in [3.05, 3.63) is 0 Å². The van der Waals surface area contributed by atoms with Crippen LogP contribution < -0.4 is 5.73 Å². The van der Waals surface area contributed by atoms with Crippen LogP contribution in [0.25, 0.3) is 0 Å². The van der Waals surface area contributed by atoms with Crippen LogP contribution in [0.15, 0.2) is 0 Å². The molecule has 0 aromatic rings. The minimum atomic E-state index is 0.381. The molecule has 0 radical (unpaired) electrons. The normalized spacial score (nSPS) is 19.8. The van der Waals surface area contributed by atoms with Gasteiger partial charge in [0.1, 0.15) is 0 Å². The van der Waals surface area contributed by atoms with Gasteiger partial charge in [0.25, 0.3) is 0 Å². The maximum atomic E-state index is 5.75. The number of hydrogen-bond donors (Lipinski definition) is 1. The molecular weight excluding hydrogens is 162 g/mol. The molecule has 0 amide bonds. The molecule has 0 heterocycles. The second-order valence-corrected chi connectivity index (χ2v) is 4.51. The fourth-order valence-corrected chi connectivity index (χ4v) is 1.75. The average Bonchev–Trinajstić information content (AvgIpc) is 2.83. The Morgan fingerprint density at radius 1 is 1.15 bits per heavy atom. The van der Waals surface area contributed by atoms with Crippen LogP contribution in [0.4, 0.5) is 0 Å². The average molecular weight is 185 g/mol. The van der Waals surface area contributed by atoms with E-state index in [2.05, 4.69) is 30.9 Å². The fraction of sp³-hybridized carbons (Fsp3) is 1.00. The monoisotopic (exact) mass is 185 g/mol. The highest BCUT2D eigenvalue weighted by atomic mass is 15.2. The number of nitrogens with two attached hydrogens (primary N) is 1. The molecule has 0 aliphatic heterocycles. The van der Waals surface area contributed by atoms with Crippen LogP contribution in [0.2, 0.25) is 0 Å². The Hall–Kier alpha value is -0.120. The Balaban J connectivity index is 2.14. The number of likely N-dealkylation sites (N-methyl/N-ethyl adjacent to an activating group) is 1. The van der Waals surface area contributed by atoms with E-state index in [-0.39, 0.29) is 0 Å². The Bertz CT molecular complexity index is 152. The third-order valence-electron chi connectivity index (χ3n) is 3.12. The van der Waals surface area contributed by atoms with Gasteiger partial charge in [-0.1, -0.05) is 0 Å². The molecule has 0 aromatic carbocycles. The van der Waals surface area contributed by atoms with Crippen molar-refractivity contribution in [2.75, 3.05) is 40.8 Å². The molecule has 0 unspecified atom stereocenters. The van der Waals surface area contributed by atoms with Crippen molar-refractivity contribution >= 4 is 0 Å². The van der Waals surface area contributed by atoms with Gasteiger partial charge in [-0.3, -0.25) is 4.90 Å². The lowest BCUT2D eigenvalue weighted by Crippen LogP contribution is -2.41. The molecule has 0 aromatic heterocycles. The predicted octanol–water partition coefficient (Wildman–Crippen LogP) is 0.361. The molecule has 1 fully saturated rings. The summed E-state index contributed by atoms with van der Waals surface area (Å²) in [7, 11) is 6.45. The minimum Gasteiger partial charge on any atom is -0.329 e. The van der Waals surface area contributed by atoms with Crippen LogP contribution in [0, 0.1) is 0 Å². The summed E-state index contributed by atoms with van der Waals surface area (Å²) >= 11 is 0. The largest absolute Gasteiger partial charge is 0.329 e. The van der Waals surface area contributed by atoms with Gasteiger partial charge in [-0.15, -0.1) is 0 Å². The number of rotatable bonds is 6. The molecule has 0 spiro atoms. The van der Waals surface area contributed by atoms with E-state index in [1.54, 1.807) is 0 Å². The molecule has 1 saturated carbocycles. The third-order valence-corrected chi connectivity index (χ3v) is 3.12. The van der Waals surface area contributed by atoms with Crippen LogP contribution >= 0.6 is 0 Å². The summed E-state index contributed by atoms with van der Waals surface area (Å²) in [6.45, 7) is 3.17. The predicted molar refractivity (Wildman–Crippen MR) is 56.8 cm³/mol. The zero-order valence-electron chi connectivity index (χ0n) is 9.21. The first-order valence-electron chi connectivity index (χ1n) is 5.17. The second kappa shape index (κ2) is 4.40. The van der Waals surface area contributed by atoms with Gasteiger partial charge in [0.15, 0.2) is 0 Å². The standard InChI is InChI=1S/C10H23N3/c1-12(2)7-4-8-13(3)10(9-11)5-6-10/h4-9,11H2,1-3H3. The molecule has 0 saturated heterocycles. The molecule has 0 atom stereocenters. The number of hydrogen-bond acceptors (Lipinski definition) is 3. The molecule has 1 rings (SSSR count). The summed E-state index contributed by atoms with van der Waals surface area (Å²) < 4.78 is 0. The van der Waals surface area contributed by atoms with Crippen LogP contribution in [0.5, 0.6) is 0 Å². The van der Waals surface area contributed by atoms with E-state index >= 15 is 0 Å². The van der Waals surface area contributed by atoms with Crippen LogP contribution in [-0.4, -0.2) is 56.1 Å². The molecule has 2 N–H and O–H groups in total. The Kier molecular flexibility index (Phi) is 3.71. The third kappa shape index (κ3) is 2.93. The van der Waals surface area contributed by atoms with E-state index in [1.165, 1.54) is 32.4 Å². The van der Waals surface area contributed by atoms with Crippen LogP contribution in [-0.2, 0) is 0 Å². The molecule has 3 nitrogen and oxygen atoms in total. The summed E-state index contributed by atoms with van der Waals surface area (Å²) in [5, 5.41) is 0. The van der Waals surface area contributed by atoms with Crippen molar-refractivity contribution < 1.29 is 0 Å². The lowest BCUT2D eigenvalue weighted by atomic mass is 10.2. The van der Waals surface area contributed by atoms with Gasteiger partial charge in [0.05, 0.1) is 0 Å². The maximum Gasteiger partial charge on any atom is 0.0330 e. The Labute approximate surface area is 81.9 Å². The van der Waals surface area contributed by atoms with Gasteiger partial charge in [0.2, 0.25) is 0 Å². The Morgan fingerprint density at radius 3 is 2.15 bits per heavy atom. The van der Waals surface area contributed by atoms with E-state index in [4.69, 9.17) is 5.73 Å². The van der Waals surface area contributed by atoms with Gasteiger partial charge >= 0.3 is 0 Å². The molecule has 3 heteroatoms. The van der Waals surface area contributed by atoms with E-state index in [1.807, 2.05) is 0 Å². The zero-order valence-corrected chi connectivity index (χ0v) is 9.21. The lowest BCUT2D eigenvalue weighted by molar-refractivity contribution is 0.215. The SMILES string of the molecule is CN(C)CCCN(C)C1(CN)CC1. The van der Waals surface area contributed by atoms with Gasteiger partial charge in [-0.25, -0.2) is 0 Å². The highest BCUT2D eigenvalue weighted by Gasteiger charge is 2.44. The van der Waals surface area contributed by atoms with Gasteiger partial charge in [-0.05, 0) is 53.5 Å². The summed E-state index contributed by atoms with van der Waals surface area (Å²) in [5.74, 6) is 0. The summed E-state index contributed by atoms with van der Waals surface area (Å²) in [6, 6.07) is 0. The highest BCUT2D eigenvalue weighted by Crippen LogP contribution is 2.39. The first kappa shape index (κ1) is 11.0. The second-order valence-electron chi connectivity index (χ2n) is 4.51. The molecule has 78 valence electrons. The summed E-state index contributed by atoms with van der Waals surface area (Å²) in [6.07, 6.45) is 3.83. The number of nitrogens with zero attached hydrogens (tertiary/aromatic N) is 2. The first-order valence-corrected chi connectivity index (χ1v) is 5.17. The van der Waals surface area contributed by atoms with Gasteiger partial charge in [0, 0.05) is 12.1 Å². The summed E-state index contributed by atoms with van der Waals surface area (Å²) in [5.41, 5.74) is 6.13. The summed E-state index contributed by atoms with van der Waals surface area (Å²) in [4.78, 5) is 4.67. The molecule has 13 heavy (non-hydrogen) atoms. The van der Waals surface area contributed by atoms with E-state index in [9.17, 15) is 0 Å².